The Bertz CT molecular complexity index is 556. The zero-order valence-corrected chi connectivity index (χ0v) is 10.6. The second-order valence-corrected chi connectivity index (χ2v) is 3.84. The summed E-state index contributed by atoms with van der Waals surface area (Å²) in [5.41, 5.74) is 7.29. The molecule has 0 bridgehead atoms. The van der Waals surface area contributed by atoms with E-state index in [0.717, 1.165) is 16.5 Å². The smallest absolute Gasteiger partial charge is 0.322 e. The summed E-state index contributed by atoms with van der Waals surface area (Å²) in [6.45, 7) is 0. The van der Waals surface area contributed by atoms with E-state index in [4.69, 9.17) is 5.73 Å². The van der Waals surface area contributed by atoms with Crippen LogP contribution in [0.15, 0.2) is 24.4 Å². The van der Waals surface area contributed by atoms with Crippen LogP contribution in [-0.4, -0.2) is 24.1 Å². The van der Waals surface area contributed by atoms with Crippen LogP contribution in [0.5, 0.6) is 0 Å². The summed E-state index contributed by atoms with van der Waals surface area (Å²) < 4.78 is 17.7. The monoisotopic (exact) mass is 272 g/mol. The number of carbonyl (C=O) groups is 1. The van der Waals surface area contributed by atoms with Gasteiger partial charge in [-0.15, -0.1) is 12.4 Å². The third-order valence-electron chi connectivity index (χ3n) is 2.67. The van der Waals surface area contributed by atoms with Crippen LogP contribution < -0.4 is 5.73 Å². The summed E-state index contributed by atoms with van der Waals surface area (Å²) in [4.78, 5) is 14.2. The van der Waals surface area contributed by atoms with Crippen LogP contribution in [0.4, 0.5) is 4.39 Å². The third kappa shape index (κ3) is 2.80. The van der Waals surface area contributed by atoms with Crippen molar-refractivity contribution in [1.82, 2.24) is 4.98 Å². The number of aromatic nitrogens is 1. The highest BCUT2D eigenvalue weighted by molar-refractivity contribution is 5.85. The molecule has 98 valence electrons. The largest absolute Gasteiger partial charge is 0.468 e. The lowest BCUT2D eigenvalue weighted by atomic mass is 10.1. The first-order valence-electron chi connectivity index (χ1n) is 5.20. The zero-order valence-electron chi connectivity index (χ0n) is 9.77. The zero-order chi connectivity index (χ0) is 12.4. The molecule has 1 unspecified atom stereocenters. The minimum Gasteiger partial charge on any atom is -0.468 e. The molecule has 3 N–H and O–H groups in total. The van der Waals surface area contributed by atoms with Crippen LogP contribution >= 0.6 is 12.4 Å². The molecule has 1 aromatic carbocycles. The second-order valence-electron chi connectivity index (χ2n) is 3.84. The van der Waals surface area contributed by atoms with Crippen LogP contribution in [0.1, 0.15) is 5.56 Å². The standard InChI is InChI=1S/C12H13FN2O2.ClH/c1-17-12(16)10(14)4-7-6-15-11-3-2-8(13)5-9(7)11;/h2-3,5-6,10,15H,4,14H2,1H3;1H. The quantitative estimate of drug-likeness (QED) is 0.837. The maximum atomic E-state index is 13.1. The van der Waals surface area contributed by atoms with E-state index in [0.29, 0.717) is 6.42 Å². The summed E-state index contributed by atoms with van der Waals surface area (Å²) in [6, 6.07) is 3.72. The average Bonchev–Trinajstić information content (AvgIpc) is 2.71. The minimum absolute atomic E-state index is 0. The number of methoxy groups -OCH3 is 1. The van der Waals surface area contributed by atoms with Crippen molar-refractivity contribution in [3.63, 3.8) is 0 Å². The molecule has 0 aliphatic heterocycles. The van der Waals surface area contributed by atoms with Gasteiger partial charge in [0.1, 0.15) is 11.9 Å². The number of hydrogen-bond donors (Lipinski definition) is 2. The van der Waals surface area contributed by atoms with Crippen molar-refractivity contribution in [2.75, 3.05) is 7.11 Å². The fourth-order valence-electron chi connectivity index (χ4n) is 1.79. The van der Waals surface area contributed by atoms with Crippen molar-refractivity contribution < 1.29 is 13.9 Å². The molecule has 0 amide bonds. The number of nitrogens with two attached hydrogens (primary N) is 1. The fraction of sp³-hybridized carbons (Fsp3) is 0.250. The normalized spacial score (nSPS) is 11.9. The Hall–Kier alpha value is -1.59. The number of benzene rings is 1. The molecule has 0 radical (unpaired) electrons. The van der Waals surface area contributed by atoms with Gasteiger partial charge in [0.25, 0.3) is 0 Å². The Morgan fingerprint density at radius 3 is 2.94 bits per heavy atom. The van der Waals surface area contributed by atoms with Gasteiger partial charge in [-0.1, -0.05) is 0 Å². The summed E-state index contributed by atoms with van der Waals surface area (Å²) >= 11 is 0. The van der Waals surface area contributed by atoms with Gasteiger partial charge in [0.05, 0.1) is 7.11 Å². The minimum atomic E-state index is -0.734. The molecule has 1 atom stereocenters. The Kier molecular flexibility index (Phi) is 4.69. The molecule has 18 heavy (non-hydrogen) atoms. The van der Waals surface area contributed by atoms with Gasteiger partial charge in [0.15, 0.2) is 0 Å². The molecule has 0 aliphatic carbocycles. The number of esters is 1. The first-order valence-corrected chi connectivity index (χ1v) is 5.20. The van der Waals surface area contributed by atoms with Gasteiger partial charge in [-0.2, -0.15) is 0 Å². The summed E-state index contributed by atoms with van der Waals surface area (Å²) in [6.07, 6.45) is 2.04. The Balaban J connectivity index is 0.00000162. The summed E-state index contributed by atoms with van der Waals surface area (Å²) in [5, 5.41) is 0.740. The predicted octanol–water partition coefficient (Wildman–Crippen LogP) is 1.77. The second kappa shape index (κ2) is 5.84. The van der Waals surface area contributed by atoms with Gasteiger partial charge < -0.3 is 15.5 Å². The van der Waals surface area contributed by atoms with E-state index in [1.54, 1.807) is 12.3 Å². The number of hydrogen-bond acceptors (Lipinski definition) is 3. The SMILES string of the molecule is COC(=O)C(N)Cc1c[nH]c2ccc(F)cc12.Cl. The van der Waals surface area contributed by atoms with E-state index >= 15 is 0 Å². The Labute approximate surface area is 110 Å². The van der Waals surface area contributed by atoms with Gasteiger partial charge in [0, 0.05) is 23.5 Å². The van der Waals surface area contributed by atoms with Gasteiger partial charge in [-0.25, -0.2) is 4.39 Å². The summed E-state index contributed by atoms with van der Waals surface area (Å²) in [7, 11) is 1.29. The molecular formula is C12H14ClFN2O2. The maximum Gasteiger partial charge on any atom is 0.322 e. The van der Waals surface area contributed by atoms with Crippen LogP contribution in [0.25, 0.3) is 10.9 Å². The van der Waals surface area contributed by atoms with Crippen molar-refractivity contribution in [3.8, 4) is 0 Å². The predicted molar refractivity (Wildman–Crippen MR) is 69.2 cm³/mol. The lowest BCUT2D eigenvalue weighted by molar-refractivity contribution is -0.142. The molecule has 4 nitrogen and oxygen atoms in total. The van der Waals surface area contributed by atoms with Gasteiger partial charge in [-0.3, -0.25) is 4.79 Å². The fourth-order valence-corrected chi connectivity index (χ4v) is 1.79. The van der Waals surface area contributed by atoms with Crippen molar-refractivity contribution >= 4 is 29.3 Å². The number of fused-ring (bicyclic) bond motifs is 1. The number of carbonyl (C=O) groups excluding carboxylic acids is 1. The first-order chi connectivity index (χ1) is 8.11. The van der Waals surface area contributed by atoms with E-state index in [2.05, 4.69) is 9.72 Å². The van der Waals surface area contributed by atoms with E-state index < -0.39 is 12.0 Å². The number of ether oxygens (including phenoxy) is 1. The molecule has 1 aromatic heterocycles. The lowest BCUT2D eigenvalue weighted by Gasteiger charge is -2.07. The topological polar surface area (TPSA) is 68.1 Å². The number of rotatable bonds is 3. The molecule has 6 heteroatoms. The molecule has 1 heterocycles. The highest BCUT2D eigenvalue weighted by Crippen LogP contribution is 2.20. The molecule has 2 rings (SSSR count). The van der Waals surface area contributed by atoms with E-state index in [-0.39, 0.29) is 18.2 Å². The van der Waals surface area contributed by atoms with Crippen molar-refractivity contribution in [1.29, 1.82) is 0 Å². The van der Waals surface area contributed by atoms with Gasteiger partial charge >= 0.3 is 5.97 Å². The first kappa shape index (κ1) is 14.5. The summed E-state index contributed by atoms with van der Waals surface area (Å²) in [5.74, 6) is -0.791. The molecule has 2 aromatic rings. The van der Waals surface area contributed by atoms with E-state index in [1.807, 2.05) is 0 Å². The number of halogens is 2. The number of nitrogens with one attached hydrogen (secondary N) is 1. The highest BCUT2D eigenvalue weighted by atomic mass is 35.5. The number of H-pyrrole nitrogens is 1. The van der Waals surface area contributed by atoms with Crippen molar-refractivity contribution in [2.24, 2.45) is 5.73 Å². The van der Waals surface area contributed by atoms with Gasteiger partial charge in [0.2, 0.25) is 0 Å². The maximum absolute atomic E-state index is 13.1. The lowest BCUT2D eigenvalue weighted by Crippen LogP contribution is -2.33. The van der Waals surface area contributed by atoms with Crippen LogP contribution in [0.3, 0.4) is 0 Å². The van der Waals surface area contributed by atoms with Crippen LogP contribution in [0, 0.1) is 5.82 Å². The highest BCUT2D eigenvalue weighted by Gasteiger charge is 2.16. The van der Waals surface area contributed by atoms with Crippen LogP contribution in [-0.2, 0) is 16.0 Å². The van der Waals surface area contributed by atoms with Crippen molar-refractivity contribution in [3.05, 3.63) is 35.8 Å². The van der Waals surface area contributed by atoms with Gasteiger partial charge in [-0.05, 0) is 23.8 Å². The average molecular weight is 273 g/mol. The molecule has 0 fully saturated rings. The van der Waals surface area contributed by atoms with Crippen molar-refractivity contribution in [2.45, 2.75) is 12.5 Å². The molecule has 0 aliphatic rings. The molecule has 0 saturated heterocycles. The molecular weight excluding hydrogens is 259 g/mol. The molecule has 0 saturated carbocycles. The third-order valence-corrected chi connectivity index (χ3v) is 2.67. The number of aromatic amines is 1. The van der Waals surface area contributed by atoms with E-state index in [9.17, 15) is 9.18 Å². The Morgan fingerprint density at radius 1 is 1.56 bits per heavy atom. The van der Waals surface area contributed by atoms with E-state index in [1.165, 1.54) is 19.2 Å². The molecule has 0 spiro atoms. The van der Waals surface area contributed by atoms with Crippen LogP contribution in [0.2, 0.25) is 0 Å². The Morgan fingerprint density at radius 2 is 2.28 bits per heavy atom.